The zero-order valence-electron chi connectivity index (χ0n) is 38.3. The number of para-hydroxylation sites is 2. The van der Waals surface area contributed by atoms with Gasteiger partial charge in [-0.25, -0.2) is 14.8 Å². The summed E-state index contributed by atoms with van der Waals surface area (Å²) in [5.41, 5.74) is 8.48. The molecule has 0 aliphatic carbocycles. The Labute approximate surface area is 423 Å². The lowest BCUT2D eigenvalue weighted by Crippen LogP contribution is -2.54. The Morgan fingerprint density at radius 1 is 0.486 bits per heavy atom. The zero-order chi connectivity index (χ0) is 48.7. The van der Waals surface area contributed by atoms with Crippen molar-refractivity contribution >= 4 is 101 Å². The average molecular weight is 961 g/mol. The number of aromatic hydroxyl groups is 2. The summed E-state index contributed by atoms with van der Waals surface area (Å²) in [6.45, 7) is 8.25. The van der Waals surface area contributed by atoms with Crippen molar-refractivity contribution in [1.29, 1.82) is 5.26 Å². The van der Waals surface area contributed by atoms with Gasteiger partial charge in [0.2, 0.25) is 5.70 Å². The Morgan fingerprint density at radius 3 is 1.29 bits per heavy atom. The molecule has 4 heterocycles. The maximum absolute atomic E-state index is 12.1. The summed E-state index contributed by atoms with van der Waals surface area (Å²) in [4.78, 5) is 15.0. The lowest BCUT2D eigenvalue weighted by Gasteiger charge is -2.24. The van der Waals surface area contributed by atoms with Gasteiger partial charge in [-0.15, -0.1) is 22.7 Å². The third-order valence-electron chi connectivity index (χ3n) is 13.1. The molecule has 0 amide bonds. The van der Waals surface area contributed by atoms with Gasteiger partial charge >= 0.3 is 13.7 Å². The molecule has 0 atom stereocenters. The molecule has 0 aliphatic heterocycles. The molecule has 0 fully saturated rings. The van der Waals surface area contributed by atoms with E-state index in [4.69, 9.17) is 9.97 Å². The van der Waals surface area contributed by atoms with Crippen LogP contribution in [0.2, 0.25) is 0 Å². The molecule has 12 aromatic rings. The van der Waals surface area contributed by atoms with Crippen LogP contribution >= 0.6 is 22.7 Å². The van der Waals surface area contributed by atoms with E-state index in [0.717, 1.165) is 42.3 Å². The van der Waals surface area contributed by atoms with Crippen molar-refractivity contribution in [3.8, 4) is 40.1 Å². The van der Waals surface area contributed by atoms with Gasteiger partial charge in [0.05, 0.1) is 32.4 Å². The third-order valence-corrected chi connectivity index (χ3v) is 15.2. The van der Waals surface area contributed by atoms with E-state index in [0.29, 0.717) is 65.3 Å². The molecule has 72 heavy (non-hydrogen) atoms. The van der Waals surface area contributed by atoms with Crippen molar-refractivity contribution in [3.05, 3.63) is 251 Å². The number of rotatable bonds is 10. The maximum atomic E-state index is 12.1. The Hall–Kier alpha value is -9.19. The standard InChI is InChI=1S/C60H38B2N6O2S2/c1-64-54(60-66-49-33-15-17-35-51(49)72-60)58-53-52(55(39-20-18-30-45(69)36-39)68(58)62(43-26-10-4-11-27-43)44-28-12-5-13-29-44)57(47(38-63)59-65-48-32-14-16-34-50(48)71-59)67(56(53)40-21-19-31-46(70)37-40)61(41-22-6-2-7-23-41)42-24-8-3-9-25-42/h2-37,69-70H/b57-47-,58-54+. The highest BCUT2D eigenvalue weighted by Gasteiger charge is 2.37. The van der Waals surface area contributed by atoms with E-state index in [1.807, 2.05) is 146 Å². The van der Waals surface area contributed by atoms with Gasteiger partial charge in [-0.1, -0.05) is 192 Å². The van der Waals surface area contributed by atoms with Crippen molar-refractivity contribution < 1.29 is 10.2 Å². The molecule has 8 nitrogen and oxygen atoms in total. The number of hydrogen-bond acceptors (Lipinski definition) is 7. The van der Waals surface area contributed by atoms with E-state index in [2.05, 4.69) is 68.4 Å². The lowest BCUT2D eigenvalue weighted by molar-refractivity contribution is 0.475. The van der Waals surface area contributed by atoms with Crippen molar-refractivity contribution in [2.45, 2.75) is 0 Å². The molecule has 8 aromatic carbocycles. The van der Waals surface area contributed by atoms with Gasteiger partial charge in [-0.2, -0.15) is 5.26 Å². The van der Waals surface area contributed by atoms with Gasteiger partial charge in [-0.3, -0.25) is 0 Å². The molecule has 338 valence electrons. The van der Waals surface area contributed by atoms with Crippen LogP contribution in [-0.4, -0.2) is 42.8 Å². The Morgan fingerprint density at radius 2 is 0.875 bits per heavy atom. The van der Waals surface area contributed by atoms with Gasteiger partial charge in [0.1, 0.15) is 33.2 Å². The van der Waals surface area contributed by atoms with E-state index >= 15 is 0 Å². The highest BCUT2D eigenvalue weighted by molar-refractivity contribution is 7.20. The third kappa shape index (κ3) is 7.63. The molecule has 12 heteroatoms. The summed E-state index contributed by atoms with van der Waals surface area (Å²) in [6.07, 6.45) is 0. The summed E-state index contributed by atoms with van der Waals surface area (Å²) in [5.74, 6) is 0.0885. The molecule has 0 spiro atoms. The number of fused-ring (bicyclic) bond motifs is 3. The van der Waals surface area contributed by atoms with Crippen LogP contribution in [0.15, 0.2) is 218 Å². The SMILES string of the molecule is [C-]#[N+]/C(c1nc2ccccc2s1)=c1\c2c(-c3cccc(O)c3)n(B(c3ccccc3)c3ccccc3)/c(=C(/C#N)c3nc4ccccc4s3)c2c(-c2cccc(O)c2)n1B(c1ccccc1)c1ccccc1. The van der Waals surface area contributed by atoms with Gasteiger partial charge in [0, 0.05) is 38.6 Å². The molecule has 2 N–H and O–H groups in total. The van der Waals surface area contributed by atoms with Crippen molar-refractivity contribution in [2.24, 2.45) is 0 Å². The number of nitrogens with zero attached hydrogens (tertiary/aromatic N) is 6. The Bertz CT molecular complexity index is 3820. The minimum absolute atomic E-state index is 0.0442. The second-order valence-corrected chi connectivity index (χ2v) is 19.4. The summed E-state index contributed by atoms with van der Waals surface area (Å²) < 4.78 is 6.31. The smallest absolute Gasteiger partial charge is 0.328 e. The maximum Gasteiger partial charge on any atom is 0.328 e. The van der Waals surface area contributed by atoms with Gasteiger partial charge < -0.3 is 19.2 Å². The number of hydrogen-bond donors (Lipinski definition) is 2. The number of phenolic OH excluding ortho intramolecular Hbond substituents is 2. The van der Waals surface area contributed by atoms with Gasteiger partial charge in [-0.05, 0) is 48.5 Å². The molecule has 0 aliphatic rings. The van der Waals surface area contributed by atoms with Crippen molar-refractivity contribution in [2.75, 3.05) is 0 Å². The highest BCUT2D eigenvalue weighted by Crippen LogP contribution is 2.39. The fourth-order valence-corrected chi connectivity index (χ4v) is 12.1. The first-order chi connectivity index (χ1) is 35.5. The number of benzene rings is 8. The average Bonchev–Trinajstić information content (AvgIpc) is 4.20. The Balaban J connectivity index is 1.46. The van der Waals surface area contributed by atoms with Crippen LogP contribution in [-0.2, 0) is 0 Å². The van der Waals surface area contributed by atoms with Crippen molar-refractivity contribution in [3.63, 3.8) is 0 Å². The van der Waals surface area contributed by atoms with Crippen LogP contribution in [0.4, 0.5) is 0 Å². The molecule has 0 saturated carbocycles. The Kier molecular flexibility index (Phi) is 11.4. The van der Waals surface area contributed by atoms with Gasteiger partial charge in [0.15, 0.2) is 0 Å². The molecule has 12 rings (SSSR count). The first kappa shape index (κ1) is 44.0. The number of aromatic nitrogens is 4. The molecule has 0 radical (unpaired) electrons. The topological polar surface area (TPSA) is 104 Å². The monoisotopic (exact) mass is 960 g/mol. The predicted octanol–water partition coefficient (Wildman–Crippen LogP) is 9.51. The molecule has 0 saturated heterocycles. The van der Waals surface area contributed by atoms with Gasteiger partial charge in [0.25, 0.3) is 0 Å². The molecule has 4 aromatic heterocycles. The second kappa shape index (κ2) is 18.6. The van der Waals surface area contributed by atoms with E-state index < -0.39 is 13.7 Å². The summed E-state index contributed by atoms with van der Waals surface area (Å²) in [7, 11) is 0. The van der Waals surface area contributed by atoms with E-state index in [1.54, 1.807) is 24.3 Å². The minimum atomic E-state index is -0.582. The molecular weight excluding hydrogens is 922 g/mol. The molecule has 0 unspecified atom stereocenters. The minimum Gasteiger partial charge on any atom is -0.508 e. The largest absolute Gasteiger partial charge is 0.508 e. The quantitative estimate of drug-likeness (QED) is 0.105. The van der Waals surface area contributed by atoms with Crippen LogP contribution in [0.25, 0.3) is 69.8 Å². The van der Waals surface area contributed by atoms with Crippen molar-refractivity contribution in [1.82, 2.24) is 18.9 Å². The number of phenols is 2. The molecule has 0 bridgehead atoms. The highest BCUT2D eigenvalue weighted by atomic mass is 32.1. The normalized spacial score (nSPS) is 12.1. The summed E-state index contributed by atoms with van der Waals surface area (Å²) in [6, 6.07) is 73.8. The van der Waals surface area contributed by atoms with Crippen LogP contribution in [0.3, 0.4) is 0 Å². The van der Waals surface area contributed by atoms with Crippen LogP contribution in [0.1, 0.15) is 10.0 Å². The van der Waals surface area contributed by atoms with E-state index in [-0.39, 0.29) is 11.5 Å². The predicted molar refractivity (Wildman–Crippen MR) is 296 cm³/mol. The number of thiazole rings is 2. The number of nitriles is 1. The first-order valence-corrected chi connectivity index (χ1v) is 25.0. The fraction of sp³-hybridized carbons (Fsp3) is 0. The summed E-state index contributed by atoms with van der Waals surface area (Å²) >= 11 is 2.90. The van der Waals surface area contributed by atoms with Crippen LogP contribution < -0.4 is 32.5 Å². The van der Waals surface area contributed by atoms with Crippen LogP contribution in [0, 0.1) is 17.9 Å². The lowest BCUT2D eigenvalue weighted by atomic mass is 9.50. The second-order valence-electron chi connectivity index (χ2n) is 17.4. The summed E-state index contributed by atoms with van der Waals surface area (Å²) in [5, 5.41) is 38.7. The first-order valence-electron chi connectivity index (χ1n) is 23.3. The zero-order valence-corrected chi connectivity index (χ0v) is 40.0. The molecular formula is C60H38B2N6O2S2. The van der Waals surface area contributed by atoms with Crippen LogP contribution in [0.5, 0.6) is 11.5 Å². The fourth-order valence-electron chi connectivity index (χ4n) is 10.2. The van der Waals surface area contributed by atoms with E-state index in [9.17, 15) is 22.0 Å². The van der Waals surface area contributed by atoms with E-state index in [1.165, 1.54) is 22.7 Å².